The molecule has 0 saturated heterocycles. The van der Waals surface area contributed by atoms with Crippen molar-refractivity contribution in [2.75, 3.05) is 0 Å². The first kappa shape index (κ1) is 27.7. The summed E-state index contributed by atoms with van der Waals surface area (Å²) < 4.78 is 68.5. The lowest BCUT2D eigenvalue weighted by molar-refractivity contribution is -0.137. The van der Waals surface area contributed by atoms with Crippen molar-refractivity contribution in [1.82, 2.24) is 25.2 Å². The monoisotopic (exact) mass is 573 g/mol. The molecule has 9 nitrogen and oxygen atoms in total. The predicted molar refractivity (Wildman–Crippen MR) is 132 cm³/mol. The van der Waals surface area contributed by atoms with Crippen LogP contribution in [-0.2, 0) is 19.1 Å². The number of alkyl halides is 3. The topological polar surface area (TPSA) is 126 Å². The number of nitrogens with zero attached hydrogens (tertiary/aromatic N) is 3. The molecule has 41 heavy (non-hydrogen) atoms. The number of carboxylic acids is 1. The Morgan fingerprint density at radius 1 is 1.07 bits per heavy atom. The van der Waals surface area contributed by atoms with E-state index in [0.717, 1.165) is 27.9 Å². The molecule has 14 heteroatoms. The van der Waals surface area contributed by atoms with Crippen LogP contribution in [0.2, 0.25) is 0 Å². The third-order valence-electron chi connectivity index (χ3n) is 6.94. The molecule has 2 aromatic heterocycles. The summed E-state index contributed by atoms with van der Waals surface area (Å²) in [6.07, 6.45) is -2.96. The van der Waals surface area contributed by atoms with Crippen LogP contribution in [0.15, 0.2) is 42.6 Å². The van der Waals surface area contributed by atoms with Gasteiger partial charge in [-0.25, -0.2) is 23.1 Å². The molecule has 0 saturated carbocycles. The van der Waals surface area contributed by atoms with Gasteiger partial charge in [0, 0.05) is 18.2 Å². The summed E-state index contributed by atoms with van der Waals surface area (Å²) in [6, 6.07) is 5.34. The standard InChI is InChI=1S/C27H20F5N5O4/c1-12-15-5-7-20(17(15)4-3-16(12)26(40)41)36-25(39)22-9-21(35-23-19(29)11-34-37(22)23)24(38)33-10-13-8-14(27(30,31)32)2-6-18(13)28/h2-4,6,8-9,11,20H,5,7,10H2,1H3,(H,33,38)(H,36,39)(H,40,41)/t20-/m0/s1. The van der Waals surface area contributed by atoms with Crippen molar-refractivity contribution in [3.63, 3.8) is 0 Å². The van der Waals surface area contributed by atoms with Crippen LogP contribution in [0.1, 0.15) is 71.6 Å². The second kappa shape index (κ2) is 10.3. The minimum Gasteiger partial charge on any atom is -0.478 e. The van der Waals surface area contributed by atoms with Gasteiger partial charge in [0.15, 0.2) is 11.5 Å². The quantitative estimate of drug-likeness (QED) is 0.294. The molecular weight excluding hydrogens is 553 g/mol. The number of nitrogens with one attached hydrogen (secondary N) is 2. The highest BCUT2D eigenvalue weighted by Crippen LogP contribution is 2.35. The second-order valence-electron chi connectivity index (χ2n) is 9.42. The molecular formula is C27H20F5N5O4. The van der Waals surface area contributed by atoms with Gasteiger partial charge in [-0.05, 0) is 60.7 Å². The number of carboxylic acid groups (broad SMARTS) is 1. The summed E-state index contributed by atoms with van der Waals surface area (Å²) in [7, 11) is 0. The van der Waals surface area contributed by atoms with E-state index in [2.05, 4.69) is 20.7 Å². The van der Waals surface area contributed by atoms with E-state index in [0.29, 0.717) is 36.6 Å². The van der Waals surface area contributed by atoms with Gasteiger partial charge in [-0.3, -0.25) is 9.59 Å². The molecule has 1 aliphatic carbocycles. The van der Waals surface area contributed by atoms with Crippen LogP contribution in [0.25, 0.3) is 5.65 Å². The zero-order chi connectivity index (χ0) is 29.6. The lowest BCUT2D eigenvalue weighted by Crippen LogP contribution is -2.31. The smallest absolute Gasteiger partial charge is 0.416 e. The van der Waals surface area contributed by atoms with E-state index in [1.54, 1.807) is 13.0 Å². The van der Waals surface area contributed by atoms with Gasteiger partial charge in [0.1, 0.15) is 17.2 Å². The van der Waals surface area contributed by atoms with Crippen LogP contribution in [0.4, 0.5) is 22.0 Å². The maximum Gasteiger partial charge on any atom is 0.416 e. The lowest BCUT2D eigenvalue weighted by Gasteiger charge is -2.16. The van der Waals surface area contributed by atoms with Crippen molar-refractivity contribution in [2.24, 2.45) is 0 Å². The Labute approximate surface area is 228 Å². The van der Waals surface area contributed by atoms with Crippen molar-refractivity contribution in [1.29, 1.82) is 0 Å². The molecule has 212 valence electrons. The summed E-state index contributed by atoms with van der Waals surface area (Å²) >= 11 is 0. The van der Waals surface area contributed by atoms with Gasteiger partial charge in [-0.15, -0.1) is 0 Å². The molecule has 0 aliphatic heterocycles. The number of rotatable bonds is 6. The zero-order valence-corrected chi connectivity index (χ0v) is 21.1. The Bertz CT molecular complexity index is 1730. The van der Waals surface area contributed by atoms with Gasteiger partial charge >= 0.3 is 12.1 Å². The number of benzene rings is 2. The molecule has 1 aliphatic rings. The van der Waals surface area contributed by atoms with Crippen LogP contribution in [-0.4, -0.2) is 37.5 Å². The Morgan fingerprint density at radius 2 is 1.83 bits per heavy atom. The molecule has 4 aromatic rings. The number of aromatic nitrogens is 3. The van der Waals surface area contributed by atoms with Crippen molar-refractivity contribution >= 4 is 23.4 Å². The number of aromatic carboxylic acids is 1. The van der Waals surface area contributed by atoms with Crippen LogP contribution in [0, 0.1) is 18.6 Å². The minimum absolute atomic E-state index is 0.152. The maximum atomic E-state index is 14.4. The van der Waals surface area contributed by atoms with E-state index in [-0.39, 0.29) is 11.3 Å². The summed E-state index contributed by atoms with van der Waals surface area (Å²) in [6.45, 7) is 1.04. The SMILES string of the molecule is Cc1c(C(=O)O)ccc2c1CC[C@@H]2NC(=O)c1cc(C(=O)NCc2cc(C(F)(F)F)ccc2F)nc2c(F)cnn12. The molecule has 1 atom stereocenters. The van der Waals surface area contributed by atoms with E-state index in [1.807, 2.05) is 0 Å². The van der Waals surface area contributed by atoms with Gasteiger partial charge in [0.05, 0.1) is 23.4 Å². The molecule has 2 aromatic carbocycles. The minimum atomic E-state index is -4.72. The fraction of sp³-hybridized carbons (Fsp3) is 0.222. The molecule has 3 N–H and O–H groups in total. The zero-order valence-electron chi connectivity index (χ0n) is 21.1. The molecule has 0 bridgehead atoms. The van der Waals surface area contributed by atoms with Gasteiger partial charge in [0.25, 0.3) is 11.8 Å². The van der Waals surface area contributed by atoms with Crippen LogP contribution >= 0.6 is 0 Å². The van der Waals surface area contributed by atoms with Crippen LogP contribution < -0.4 is 10.6 Å². The summed E-state index contributed by atoms with van der Waals surface area (Å²) in [5.41, 5.74) is -0.468. The Morgan fingerprint density at radius 3 is 2.54 bits per heavy atom. The number of carbonyl (C=O) groups is 3. The van der Waals surface area contributed by atoms with E-state index >= 15 is 0 Å². The van der Waals surface area contributed by atoms with Gasteiger partial charge < -0.3 is 15.7 Å². The van der Waals surface area contributed by atoms with Crippen molar-refractivity contribution < 1.29 is 41.4 Å². The van der Waals surface area contributed by atoms with Crippen molar-refractivity contribution in [2.45, 2.75) is 38.5 Å². The van der Waals surface area contributed by atoms with Gasteiger partial charge in [-0.1, -0.05) is 6.07 Å². The molecule has 5 rings (SSSR count). The van der Waals surface area contributed by atoms with E-state index in [4.69, 9.17) is 0 Å². The molecule has 0 spiro atoms. The molecule has 0 radical (unpaired) electrons. The number of fused-ring (bicyclic) bond motifs is 2. The highest BCUT2D eigenvalue weighted by molar-refractivity contribution is 5.98. The van der Waals surface area contributed by atoms with E-state index < -0.39 is 70.6 Å². The fourth-order valence-electron chi connectivity index (χ4n) is 4.86. The average molecular weight is 573 g/mol. The summed E-state index contributed by atoms with van der Waals surface area (Å²) in [4.78, 5) is 41.5. The lowest BCUT2D eigenvalue weighted by atomic mass is 9.98. The first-order valence-corrected chi connectivity index (χ1v) is 12.2. The number of hydrogen-bond donors (Lipinski definition) is 3. The van der Waals surface area contributed by atoms with Crippen molar-refractivity contribution in [3.05, 3.63) is 99.0 Å². The Balaban J connectivity index is 1.40. The molecule has 2 heterocycles. The number of halogens is 5. The normalized spacial score (nSPS) is 14.6. The largest absolute Gasteiger partial charge is 0.478 e. The molecule has 0 unspecified atom stereocenters. The highest BCUT2D eigenvalue weighted by Gasteiger charge is 2.32. The first-order chi connectivity index (χ1) is 19.3. The molecule has 0 fully saturated rings. The van der Waals surface area contributed by atoms with Crippen LogP contribution in [0.3, 0.4) is 0 Å². The summed E-state index contributed by atoms with van der Waals surface area (Å²) in [5.74, 6) is -4.73. The van der Waals surface area contributed by atoms with Crippen molar-refractivity contribution in [3.8, 4) is 0 Å². The predicted octanol–water partition coefficient (Wildman–Crippen LogP) is 4.38. The molecule has 2 amide bonds. The Hall–Kier alpha value is -4.88. The fourth-order valence-corrected chi connectivity index (χ4v) is 4.86. The van der Waals surface area contributed by atoms with Gasteiger partial charge in [-0.2, -0.15) is 18.3 Å². The van der Waals surface area contributed by atoms with Gasteiger partial charge in [0.2, 0.25) is 0 Å². The second-order valence-corrected chi connectivity index (χ2v) is 9.42. The summed E-state index contributed by atoms with van der Waals surface area (Å²) in [5, 5.41) is 18.2. The Kier molecular flexibility index (Phi) is 6.93. The average Bonchev–Trinajstić information content (AvgIpc) is 3.50. The third-order valence-corrected chi connectivity index (χ3v) is 6.94. The number of hydrogen-bond acceptors (Lipinski definition) is 5. The van der Waals surface area contributed by atoms with Crippen LogP contribution in [0.5, 0.6) is 0 Å². The maximum absolute atomic E-state index is 14.4. The first-order valence-electron chi connectivity index (χ1n) is 12.2. The number of amides is 2. The highest BCUT2D eigenvalue weighted by atomic mass is 19.4. The van der Waals surface area contributed by atoms with E-state index in [1.165, 1.54) is 6.07 Å². The van der Waals surface area contributed by atoms with E-state index in [9.17, 15) is 41.4 Å². The third kappa shape index (κ3) is 5.19. The number of carbonyl (C=O) groups excluding carboxylic acids is 2.